The van der Waals surface area contributed by atoms with Gasteiger partial charge in [-0.15, -0.1) is 0 Å². The fourth-order valence-corrected chi connectivity index (χ4v) is 8.56. The van der Waals surface area contributed by atoms with Crippen LogP contribution in [-0.4, -0.2) is 9.13 Å². The summed E-state index contributed by atoms with van der Waals surface area (Å²) >= 11 is 0. The second-order valence-corrected chi connectivity index (χ2v) is 12.9. The summed E-state index contributed by atoms with van der Waals surface area (Å²) in [4.78, 5) is 0. The first-order valence-electron chi connectivity index (χ1n) is 16.6. The van der Waals surface area contributed by atoms with Crippen molar-refractivity contribution in [1.29, 1.82) is 0 Å². The van der Waals surface area contributed by atoms with Crippen molar-refractivity contribution in [3.63, 3.8) is 0 Å². The highest BCUT2D eigenvalue weighted by atomic mass is 15.0. The SMILES string of the molecule is c1cc(-n2c3ccccc3c3c4ccccc4c4ccccc4c32)cc(-n2c3ccccc3c3c4ccccc4c4ccccc4c32)c1. The van der Waals surface area contributed by atoms with E-state index in [4.69, 9.17) is 0 Å². The molecule has 2 heterocycles. The largest absolute Gasteiger partial charge is 0.309 e. The Labute approximate surface area is 276 Å². The van der Waals surface area contributed by atoms with Crippen LogP contribution in [0.25, 0.3) is 98.1 Å². The van der Waals surface area contributed by atoms with Gasteiger partial charge < -0.3 is 9.13 Å². The van der Waals surface area contributed by atoms with E-state index in [9.17, 15) is 0 Å². The molecule has 0 N–H and O–H groups in total. The number of aromatic nitrogens is 2. The van der Waals surface area contributed by atoms with Gasteiger partial charge in [0.1, 0.15) is 0 Å². The van der Waals surface area contributed by atoms with Crippen LogP contribution < -0.4 is 0 Å². The lowest BCUT2D eigenvalue weighted by Gasteiger charge is -2.15. The Balaban J connectivity index is 1.30. The van der Waals surface area contributed by atoms with Crippen LogP contribution in [0, 0.1) is 0 Å². The lowest BCUT2D eigenvalue weighted by atomic mass is 9.97. The van der Waals surface area contributed by atoms with Crippen LogP contribution in [-0.2, 0) is 0 Å². The minimum Gasteiger partial charge on any atom is -0.309 e. The van der Waals surface area contributed by atoms with Crippen LogP contribution in [0.15, 0.2) is 170 Å². The van der Waals surface area contributed by atoms with Crippen LogP contribution in [0.3, 0.4) is 0 Å². The summed E-state index contributed by atoms with van der Waals surface area (Å²) in [7, 11) is 0. The minimum absolute atomic E-state index is 1.15. The van der Waals surface area contributed by atoms with E-state index in [1.807, 2.05) is 0 Å². The molecule has 0 unspecified atom stereocenters. The van der Waals surface area contributed by atoms with Gasteiger partial charge in [-0.25, -0.2) is 0 Å². The summed E-state index contributed by atoms with van der Waals surface area (Å²) in [5, 5.41) is 15.4. The third-order valence-corrected chi connectivity index (χ3v) is 10.4. The summed E-state index contributed by atoms with van der Waals surface area (Å²) in [5.74, 6) is 0. The van der Waals surface area contributed by atoms with E-state index in [0.29, 0.717) is 0 Å². The Kier molecular flexibility index (Phi) is 5.14. The zero-order valence-electron chi connectivity index (χ0n) is 26.1. The molecule has 0 radical (unpaired) electrons. The average Bonchev–Trinajstić information content (AvgIpc) is 3.70. The molecular formula is C46H28N2. The Bertz CT molecular complexity index is 2910. The fraction of sp³-hybridized carbons (Fsp3) is 0. The molecule has 48 heavy (non-hydrogen) atoms. The summed E-state index contributed by atoms with van der Waals surface area (Å²) in [5.41, 5.74) is 7.22. The van der Waals surface area contributed by atoms with E-state index in [1.54, 1.807) is 0 Å². The number of hydrogen-bond donors (Lipinski definition) is 0. The van der Waals surface area contributed by atoms with Gasteiger partial charge in [-0.3, -0.25) is 0 Å². The number of hydrogen-bond acceptors (Lipinski definition) is 0. The molecule has 9 aromatic carbocycles. The molecule has 0 aliphatic carbocycles. The van der Waals surface area contributed by atoms with Gasteiger partial charge >= 0.3 is 0 Å². The van der Waals surface area contributed by atoms with Crippen LogP contribution in [0.1, 0.15) is 0 Å². The quantitative estimate of drug-likeness (QED) is 0.173. The van der Waals surface area contributed by atoms with Gasteiger partial charge in [0.25, 0.3) is 0 Å². The average molecular weight is 609 g/mol. The molecule has 2 aromatic heterocycles. The molecular weight excluding hydrogens is 581 g/mol. The Hall–Kier alpha value is -6.38. The van der Waals surface area contributed by atoms with Crippen LogP contribution in [0.2, 0.25) is 0 Å². The zero-order chi connectivity index (χ0) is 31.3. The minimum atomic E-state index is 1.15. The van der Waals surface area contributed by atoms with Crippen molar-refractivity contribution >= 4 is 86.7 Å². The van der Waals surface area contributed by atoms with Crippen molar-refractivity contribution < 1.29 is 0 Å². The number of rotatable bonds is 2. The molecule has 0 aliphatic rings. The molecule has 0 saturated carbocycles. The number of nitrogens with zero attached hydrogens (tertiary/aromatic N) is 2. The van der Waals surface area contributed by atoms with E-state index in [2.05, 4.69) is 179 Å². The summed E-state index contributed by atoms with van der Waals surface area (Å²) in [6, 6.07) is 62.4. The van der Waals surface area contributed by atoms with Crippen molar-refractivity contribution in [3.8, 4) is 11.4 Å². The highest BCUT2D eigenvalue weighted by Gasteiger charge is 2.21. The van der Waals surface area contributed by atoms with E-state index in [1.165, 1.54) is 86.7 Å². The third-order valence-electron chi connectivity index (χ3n) is 10.4. The first kappa shape index (κ1) is 25.8. The Morgan fingerprint density at radius 1 is 0.250 bits per heavy atom. The van der Waals surface area contributed by atoms with Gasteiger partial charge in [0, 0.05) is 43.7 Å². The van der Waals surface area contributed by atoms with Gasteiger partial charge in [0.2, 0.25) is 0 Å². The van der Waals surface area contributed by atoms with E-state index < -0.39 is 0 Å². The molecule has 0 saturated heterocycles. The lowest BCUT2D eigenvalue weighted by Crippen LogP contribution is -1.99. The maximum atomic E-state index is 2.49. The molecule has 11 aromatic rings. The maximum Gasteiger partial charge on any atom is 0.0625 e. The fourth-order valence-electron chi connectivity index (χ4n) is 8.56. The highest BCUT2D eigenvalue weighted by Crippen LogP contribution is 2.44. The van der Waals surface area contributed by atoms with Gasteiger partial charge in [0.15, 0.2) is 0 Å². The molecule has 222 valence electrons. The second-order valence-electron chi connectivity index (χ2n) is 12.9. The molecule has 0 spiro atoms. The van der Waals surface area contributed by atoms with Crippen LogP contribution in [0.5, 0.6) is 0 Å². The maximum absolute atomic E-state index is 2.49. The Morgan fingerprint density at radius 3 is 0.979 bits per heavy atom. The molecule has 0 amide bonds. The summed E-state index contributed by atoms with van der Waals surface area (Å²) in [6.07, 6.45) is 0. The molecule has 2 heteroatoms. The lowest BCUT2D eigenvalue weighted by molar-refractivity contribution is 1.14. The summed E-state index contributed by atoms with van der Waals surface area (Å²) < 4.78 is 4.98. The van der Waals surface area contributed by atoms with Crippen LogP contribution >= 0.6 is 0 Å². The molecule has 11 rings (SSSR count). The molecule has 0 fully saturated rings. The van der Waals surface area contributed by atoms with Crippen molar-refractivity contribution in [3.05, 3.63) is 170 Å². The molecule has 0 atom stereocenters. The standard InChI is InChI=1S/C46H28N2/c1-5-20-35-31(16-1)33-18-3-7-22-37(33)45-43(35)39-24-9-11-26-41(39)47(45)29-14-13-15-30(28-29)48-42-27-12-10-25-40(42)44-36-21-6-2-17-32(36)34-19-4-8-23-38(34)46(44)48/h1-28H. The smallest absolute Gasteiger partial charge is 0.0625 e. The number of fused-ring (bicyclic) bond motifs is 16. The van der Waals surface area contributed by atoms with Gasteiger partial charge in [-0.1, -0.05) is 140 Å². The topological polar surface area (TPSA) is 9.86 Å². The van der Waals surface area contributed by atoms with Crippen molar-refractivity contribution in [2.24, 2.45) is 0 Å². The predicted molar refractivity (Wildman–Crippen MR) is 205 cm³/mol. The first-order valence-corrected chi connectivity index (χ1v) is 16.6. The zero-order valence-corrected chi connectivity index (χ0v) is 26.1. The Morgan fingerprint density at radius 2 is 0.562 bits per heavy atom. The number of benzene rings is 9. The van der Waals surface area contributed by atoms with Gasteiger partial charge in [0.05, 0.1) is 22.1 Å². The molecule has 0 bridgehead atoms. The van der Waals surface area contributed by atoms with Gasteiger partial charge in [-0.2, -0.15) is 0 Å². The third kappa shape index (κ3) is 3.31. The van der Waals surface area contributed by atoms with E-state index in [0.717, 1.165) is 11.4 Å². The predicted octanol–water partition coefficient (Wildman–Crippen LogP) is 12.5. The normalized spacial score (nSPS) is 12.2. The molecule has 0 aliphatic heterocycles. The highest BCUT2D eigenvalue weighted by molar-refractivity contribution is 6.33. The van der Waals surface area contributed by atoms with E-state index in [-0.39, 0.29) is 0 Å². The van der Waals surface area contributed by atoms with E-state index >= 15 is 0 Å². The van der Waals surface area contributed by atoms with Crippen LogP contribution in [0.4, 0.5) is 0 Å². The summed E-state index contributed by atoms with van der Waals surface area (Å²) in [6.45, 7) is 0. The van der Waals surface area contributed by atoms with Crippen molar-refractivity contribution in [1.82, 2.24) is 9.13 Å². The number of para-hydroxylation sites is 2. The second kappa shape index (κ2) is 9.57. The van der Waals surface area contributed by atoms with Gasteiger partial charge in [-0.05, 0) is 62.6 Å². The van der Waals surface area contributed by atoms with Crippen molar-refractivity contribution in [2.45, 2.75) is 0 Å². The molecule has 2 nitrogen and oxygen atoms in total. The van der Waals surface area contributed by atoms with Crippen molar-refractivity contribution in [2.75, 3.05) is 0 Å². The first-order chi connectivity index (χ1) is 23.9. The monoisotopic (exact) mass is 608 g/mol.